The van der Waals surface area contributed by atoms with Crippen LogP contribution in [0.25, 0.3) is 0 Å². The number of benzene rings is 4. The van der Waals surface area contributed by atoms with E-state index in [4.69, 9.17) is 18.9 Å². The molecule has 0 saturated carbocycles. The van der Waals surface area contributed by atoms with E-state index in [0.29, 0.717) is 50.3 Å². The minimum Gasteiger partial charge on any atom is -0.507 e. The molecule has 416 valence electrons. The average molecular weight is 1050 g/mol. The molecule has 0 radical (unpaired) electrons. The SMILES string of the molecule is CC(C)(C)c1cc2c(O)c(c1)Cc1cc(C(C)(C)C)cc(c1OCCC(=O)NCCCN1CCOCC1)Cc1cc(C(C)(C)C)cc(c1O)Cc1cc(C(C)(C)C)cc(c1OCCC(=O)NCCCN1CCOCC1)C2. The quantitative estimate of drug-likeness (QED) is 0.0706. The van der Waals surface area contributed by atoms with Crippen molar-refractivity contribution in [3.05, 3.63) is 115 Å². The third kappa shape index (κ3) is 16.0. The zero-order valence-corrected chi connectivity index (χ0v) is 48.4. The Hall–Kier alpha value is -5.14. The summed E-state index contributed by atoms with van der Waals surface area (Å²) in [4.78, 5) is 31.5. The lowest BCUT2D eigenvalue weighted by Gasteiger charge is -2.28. The number of nitrogens with one attached hydrogen (secondary N) is 2. The van der Waals surface area contributed by atoms with Crippen LogP contribution in [0.5, 0.6) is 23.0 Å². The first-order valence-corrected chi connectivity index (χ1v) is 28.3. The number of carbonyl (C=O) groups excluding carboxylic acids is 2. The lowest BCUT2D eigenvalue weighted by molar-refractivity contribution is -0.122. The lowest BCUT2D eigenvalue weighted by Crippen LogP contribution is -2.38. The van der Waals surface area contributed by atoms with Crippen LogP contribution in [0.2, 0.25) is 0 Å². The highest BCUT2D eigenvalue weighted by atomic mass is 16.5. The van der Waals surface area contributed by atoms with Crippen LogP contribution < -0.4 is 20.1 Å². The number of fused-ring (bicyclic) bond motifs is 8. The zero-order chi connectivity index (χ0) is 55.0. The fraction of sp³-hybridized carbons (Fsp3) is 0.594. The summed E-state index contributed by atoms with van der Waals surface area (Å²) in [6.07, 6.45) is 3.53. The first-order chi connectivity index (χ1) is 35.8. The van der Waals surface area contributed by atoms with Gasteiger partial charge in [0.1, 0.15) is 23.0 Å². The number of hydrogen-bond acceptors (Lipinski definition) is 10. The summed E-state index contributed by atoms with van der Waals surface area (Å²) in [6, 6.07) is 17.4. The highest BCUT2D eigenvalue weighted by Crippen LogP contribution is 2.44. The zero-order valence-electron chi connectivity index (χ0n) is 48.4. The maximum absolute atomic E-state index is 13.4. The number of carbonyl (C=O) groups is 2. The van der Waals surface area contributed by atoms with Crippen molar-refractivity contribution in [1.29, 1.82) is 0 Å². The van der Waals surface area contributed by atoms with Crippen molar-refractivity contribution in [3.63, 3.8) is 0 Å². The number of morpholine rings is 2. The Labute approximate surface area is 455 Å². The molecule has 4 aromatic carbocycles. The second-order valence-corrected chi connectivity index (χ2v) is 25.8. The normalized spacial score (nSPS) is 16.1. The second kappa shape index (κ2) is 25.1. The summed E-state index contributed by atoms with van der Waals surface area (Å²) < 4.78 is 24.8. The van der Waals surface area contributed by atoms with Gasteiger partial charge in [-0.1, -0.05) is 132 Å². The number of hydrogen-bond donors (Lipinski definition) is 4. The first kappa shape index (κ1) is 58.5. The predicted molar refractivity (Wildman–Crippen MR) is 305 cm³/mol. The molecule has 0 spiro atoms. The van der Waals surface area contributed by atoms with Gasteiger partial charge in [0.2, 0.25) is 11.8 Å². The number of amides is 2. The van der Waals surface area contributed by atoms with Crippen molar-refractivity contribution in [2.75, 3.05) is 92.0 Å². The number of aromatic hydroxyl groups is 2. The van der Waals surface area contributed by atoms with Gasteiger partial charge in [-0.3, -0.25) is 19.4 Å². The highest BCUT2D eigenvalue weighted by Gasteiger charge is 2.29. The Morgan fingerprint density at radius 2 is 0.724 bits per heavy atom. The third-order valence-corrected chi connectivity index (χ3v) is 15.3. The van der Waals surface area contributed by atoms with Gasteiger partial charge in [0, 0.05) is 65.0 Å². The molecule has 7 rings (SSSR count). The fourth-order valence-electron chi connectivity index (χ4n) is 10.4. The summed E-state index contributed by atoms with van der Waals surface area (Å²) in [6.45, 7) is 36.4. The Kier molecular flexibility index (Phi) is 19.3. The van der Waals surface area contributed by atoms with E-state index in [1.54, 1.807) is 0 Å². The number of phenolic OH excluding ortho intramolecular Hbond substituents is 2. The van der Waals surface area contributed by atoms with Gasteiger partial charge >= 0.3 is 0 Å². The van der Waals surface area contributed by atoms with Crippen LogP contribution in [0.3, 0.4) is 0 Å². The standard InChI is InChI=1S/C64H92N4O8/c1-61(2,3)51-35-43-31-47-39-53(63(7,8)9)41-49(59(47)75-25-15-55(69)65-17-13-19-67-21-27-73-28-22-67)33-45-37-52(62(4,5)6)38-46(58(45)72)34-50-42-54(64(10,11)12)40-48(32-44(36-51)57(43)71)60(50)76-26-16-56(70)66-18-14-20-68-23-29-74-30-24-68/h35-42,71-72H,13-34H2,1-12H3,(H,65,69)(H,66,70). The van der Waals surface area contributed by atoms with E-state index in [9.17, 15) is 19.8 Å². The molecule has 2 heterocycles. The van der Waals surface area contributed by atoms with E-state index in [0.717, 1.165) is 145 Å². The minimum atomic E-state index is -0.260. The summed E-state index contributed by atoms with van der Waals surface area (Å²) in [7, 11) is 0. The molecule has 12 heteroatoms. The van der Waals surface area contributed by atoms with E-state index in [-0.39, 0.29) is 71.0 Å². The number of nitrogens with zero attached hydrogens (tertiary/aromatic N) is 2. The lowest BCUT2D eigenvalue weighted by atomic mass is 9.79. The molecule has 4 aromatic rings. The van der Waals surface area contributed by atoms with Crippen LogP contribution in [0.15, 0.2) is 48.5 Å². The van der Waals surface area contributed by atoms with E-state index in [1.165, 1.54) is 0 Å². The molecule has 3 aliphatic rings. The number of rotatable bonds is 16. The maximum Gasteiger partial charge on any atom is 0.223 e. The molecule has 0 unspecified atom stereocenters. The molecule has 4 N–H and O–H groups in total. The Morgan fingerprint density at radius 1 is 0.461 bits per heavy atom. The van der Waals surface area contributed by atoms with E-state index >= 15 is 0 Å². The molecular weight excluding hydrogens is 953 g/mol. The van der Waals surface area contributed by atoms with Crippen LogP contribution in [0, 0.1) is 0 Å². The van der Waals surface area contributed by atoms with Gasteiger partial charge in [-0.2, -0.15) is 0 Å². The van der Waals surface area contributed by atoms with E-state index in [1.807, 2.05) is 0 Å². The molecular formula is C64H92N4O8. The maximum atomic E-state index is 13.4. The third-order valence-electron chi connectivity index (χ3n) is 15.3. The Bertz CT molecular complexity index is 2360. The summed E-state index contributed by atoms with van der Waals surface area (Å²) in [5.41, 5.74) is 10.1. The van der Waals surface area contributed by atoms with Gasteiger partial charge in [0.25, 0.3) is 0 Å². The van der Waals surface area contributed by atoms with Crippen molar-refractivity contribution in [3.8, 4) is 23.0 Å². The molecule has 0 atom stereocenters. The Morgan fingerprint density at radius 3 is 0.987 bits per heavy atom. The van der Waals surface area contributed by atoms with Gasteiger partial charge in [-0.25, -0.2) is 0 Å². The van der Waals surface area contributed by atoms with Crippen LogP contribution in [0.1, 0.15) is 176 Å². The topological polar surface area (TPSA) is 142 Å². The molecule has 76 heavy (non-hydrogen) atoms. The van der Waals surface area contributed by atoms with Gasteiger partial charge < -0.3 is 39.8 Å². The van der Waals surface area contributed by atoms with E-state index < -0.39 is 0 Å². The van der Waals surface area contributed by atoms with E-state index in [2.05, 4.69) is 152 Å². The number of phenols is 2. The predicted octanol–water partition coefficient (Wildman–Crippen LogP) is 10.2. The largest absolute Gasteiger partial charge is 0.507 e. The van der Waals surface area contributed by atoms with Crippen molar-refractivity contribution in [2.24, 2.45) is 0 Å². The second-order valence-electron chi connectivity index (χ2n) is 25.8. The molecule has 1 aliphatic carbocycles. The van der Waals surface area contributed by atoms with Crippen molar-refractivity contribution in [2.45, 2.75) is 156 Å². The smallest absolute Gasteiger partial charge is 0.223 e. The van der Waals surface area contributed by atoms with Gasteiger partial charge in [0.05, 0.1) is 52.5 Å². The summed E-state index contributed by atoms with van der Waals surface area (Å²) >= 11 is 0. The van der Waals surface area contributed by atoms with Crippen LogP contribution in [-0.4, -0.2) is 124 Å². The number of ether oxygens (including phenoxy) is 4. The monoisotopic (exact) mass is 1040 g/mol. The van der Waals surface area contributed by atoms with Crippen LogP contribution in [0.4, 0.5) is 0 Å². The Balaban J connectivity index is 1.31. The summed E-state index contributed by atoms with van der Waals surface area (Å²) in [5.74, 6) is 1.64. The van der Waals surface area contributed by atoms with Crippen LogP contribution in [-0.2, 0) is 66.4 Å². The van der Waals surface area contributed by atoms with Gasteiger partial charge in [-0.15, -0.1) is 0 Å². The molecule has 2 saturated heterocycles. The minimum absolute atomic E-state index is 0.0641. The average Bonchev–Trinajstić information content (AvgIpc) is 3.34. The van der Waals surface area contributed by atoms with Crippen molar-refractivity contribution >= 4 is 11.8 Å². The van der Waals surface area contributed by atoms with Gasteiger partial charge in [-0.05, 0) is 114 Å². The van der Waals surface area contributed by atoms with Crippen LogP contribution >= 0.6 is 0 Å². The van der Waals surface area contributed by atoms with Crippen molar-refractivity contribution in [1.82, 2.24) is 20.4 Å². The fourth-order valence-corrected chi connectivity index (χ4v) is 10.4. The highest BCUT2D eigenvalue weighted by molar-refractivity contribution is 5.76. The first-order valence-electron chi connectivity index (χ1n) is 28.3. The molecule has 2 amide bonds. The van der Waals surface area contributed by atoms with Gasteiger partial charge in [0.15, 0.2) is 0 Å². The molecule has 8 bridgehead atoms. The summed E-state index contributed by atoms with van der Waals surface area (Å²) in [5, 5.41) is 31.7. The molecule has 2 fully saturated rings. The molecule has 2 aliphatic heterocycles. The van der Waals surface area contributed by atoms with Crippen molar-refractivity contribution < 1.29 is 38.7 Å². The molecule has 12 nitrogen and oxygen atoms in total. The molecule has 0 aromatic heterocycles.